The highest BCUT2D eigenvalue weighted by Crippen LogP contribution is 2.30. The molecule has 0 bridgehead atoms. The summed E-state index contributed by atoms with van der Waals surface area (Å²) in [7, 11) is -0.863. The van der Waals surface area contributed by atoms with E-state index in [-0.39, 0.29) is 29.4 Å². The van der Waals surface area contributed by atoms with Crippen LogP contribution in [-0.2, 0) is 14.8 Å². The van der Waals surface area contributed by atoms with E-state index in [4.69, 9.17) is 9.47 Å². The summed E-state index contributed by atoms with van der Waals surface area (Å²) in [6, 6.07) is 4.38. The number of esters is 1. The minimum atomic E-state index is -3.70. The van der Waals surface area contributed by atoms with E-state index >= 15 is 0 Å². The number of rotatable bonds is 6. The van der Waals surface area contributed by atoms with Gasteiger partial charge in [-0.25, -0.2) is 17.5 Å². The molecule has 0 atom stereocenters. The Morgan fingerprint density at radius 1 is 1.20 bits per heavy atom. The van der Waals surface area contributed by atoms with Gasteiger partial charge in [-0.3, -0.25) is 0 Å². The summed E-state index contributed by atoms with van der Waals surface area (Å²) in [6.07, 6.45) is 0. The van der Waals surface area contributed by atoms with Gasteiger partial charge in [-0.15, -0.1) is 0 Å². The summed E-state index contributed by atoms with van der Waals surface area (Å²) in [5.74, 6) is -0.575. The molecule has 0 heterocycles. The molecule has 0 radical (unpaired) electrons. The number of sulfonamides is 1. The van der Waals surface area contributed by atoms with Gasteiger partial charge in [-0.05, 0) is 26.0 Å². The van der Waals surface area contributed by atoms with Gasteiger partial charge in [0.15, 0.2) is 5.75 Å². The van der Waals surface area contributed by atoms with Gasteiger partial charge in [0.1, 0.15) is 10.5 Å². The fourth-order valence-electron chi connectivity index (χ4n) is 1.58. The van der Waals surface area contributed by atoms with Gasteiger partial charge in [0.05, 0.1) is 13.2 Å². The van der Waals surface area contributed by atoms with Crippen molar-refractivity contribution in [1.29, 1.82) is 0 Å². The van der Waals surface area contributed by atoms with Crippen LogP contribution in [0.25, 0.3) is 0 Å². The lowest BCUT2D eigenvalue weighted by atomic mass is 10.2. The highest BCUT2D eigenvalue weighted by Gasteiger charge is 2.26. The van der Waals surface area contributed by atoms with Crippen molar-refractivity contribution in [3.63, 3.8) is 0 Å². The van der Waals surface area contributed by atoms with Crippen LogP contribution in [0.15, 0.2) is 23.1 Å². The van der Waals surface area contributed by atoms with Crippen LogP contribution in [0.3, 0.4) is 0 Å². The Morgan fingerprint density at radius 3 is 2.35 bits per heavy atom. The van der Waals surface area contributed by atoms with Crippen molar-refractivity contribution in [3.05, 3.63) is 23.8 Å². The lowest BCUT2D eigenvalue weighted by Gasteiger charge is -2.17. The number of para-hydroxylation sites is 1. The molecule has 0 saturated carbocycles. The third-order valence-electron chi connectivity index (χ3n) is 2.52. The SMILES string of the molecule is CCOC(=O)c1cccc(S(=O)(=O)N(C)C)c1OCC. The predicted molar refractivity (Wildman–Crippen MR) is 74.4 cm³/mol. The summed E-state index contributed by atoms with van der Waals surface area (Å²) in [4.78, 5) is 11.8. The van der Waals surface area contributed by atoms with Gasteiger partial charge in [0.25, 0.3) is 0 Å². The molecule has 6 nitrogen and oxygen atoms in total. The number of hydrogen-bond donors (Lipinski definition) is 0. The minimum Gasteiger partial charge on any atom is -0.492 e. The molecule has 0 aliphatic rings. The molecule has 0 aliphatic heterocycles. The zero-order valence-electron chi connectivity index (χ0n) is 12.0. The summed E-state index contributed by atoms with van der Waals surface area (Å²) in [5.41, 5.74) is 0.108. The van der Waals surface area contributed by atoms with Crippen molar-refractivity contribution in [3.8, 4) is 5.75 Å². The molecule has 0 aromatic heterocycles. The smallest absolute Gasteiger partial charge is 0.341 e. The van der Waals surface area contributed by atoms with Gasteiger partial charge >= 0.3 is 5.97 Å². The summed E-state index contributed by atoms with van der Waals surface area (Å²) < 4.78 is 35.9. The molecule has 20 heavy (non-hydrogen) atoms. The van der Waals surface area contributed by atoms with Crippen molar-refractivity contribution in [1.82, 2.24) is 4.31 Å². The second-order valence-corrected chi connectivity index (χ2v) is 6.19. The molecule has 0 aliphatic carbocycles. The normalized spacial score (nSPS) is 11.4. The number of nitrogens with zero attached hydrogens (tertiary/aromatic N) is 1. The van der Waals surface area contributed by atoms with E-state index < -0.39 is 16.0 Å². The van der Waals surface area contributed by atoms with Gasteiger partial charge in [0.2, 0.25) is 10.0 Å². The maximum Gasteiger partial charge on any atom is 0.341 e. The largest absolute Gasteiger partial charge is 0.492 e. The summed E-state index contributed by atoms with van der Waals surface area (Å²) in [6.45, 7) is 3.84. The summed E-state index contributed by atoms with van der Waals surface area (Å²) >= 11 is 0. The molecule has 112 valence electrons. The van der Waals surface area contributed by atoms with Crippen LogP contribution in [0, 0.1) is 0 Å². The Morgan fingerprint density at radius 2 is 1.85 bits per heavy atom. The standard InChI is InChI=1S/C13H19NO5S/c1-5-18-12-10(13(15)19-6-2)8-7-9-11(12)20(16,17)14(3)4/h7-9H,5-6H2,1-4H3. The molecule has 0 amide bonds. The van der Waals surface area contributed by atoms with Gasteiger partial charge in [0, 0.05) is 14.1 Å². The molecule has 1 aromatic rings. The average Bonchev–Trinajstić information content (AvgIpc) is 2.39. The highest BCUT2D eigenvalue weighted by atomic mass is 32.2. The number of carbonyl (C=O) groups is 1. The molecular formula is C13H19NO5S. The molecule has 0 unspecified atom stereocenters. The van der Waals surface area contributed by atoms with Crippen LogP contribution in [0.4, 0.5) is 0 Å². The first-order valence-electron chi connectivity index (χ1n) is 6.21. The molecule has 0 fully saturated rings. The van der Waals surface area contributed by atoms with Crippen molar-refractivity contribution >= 4 is 16.0 Å². The lowest BCUT2D eigenvalue weighted by molar-refractivity contribution is 0.0521. The Kier molecular flexibility index (Phi) is 5.52. The second-order valence-electron chi connectivity index (χ2n) is 4.07. The van der Waals surface area contributed by atoms with Crippen LogP contribution in [0.5, 0.6) is 5.75 Å². The van der Waals surface area contributed by atoms with E-state index in [1.165, 1.54) is 32.3 Å². The number of benzene rings is 1. The Labute approximate surface area is 119 Å². The third kappa shape index (κ3) is 3.29. The number of carbonyl (C=O) groups excluding carboxylic acids is 1. The van der Waals surface area contributed by atoms with Gasteiger partial charge in [-0.1, -0.05) is 6.07 Å². The van der Waals surface area contributed by atoms with E-state index in [2.05, 4.69) is 0 Å². The third-order valence-corrected chi connectivity index (χ3v) is 4.36. The Balaban J connectivity index is 3.47. The maximum atomic E-state index is 12.3. The van der Waals surface area contributed by atoms with Crippen LogP contribution in [0.1, 0.15) is 24.2 Å². The molecule has 7 heteroatoms. The van der Waals surface area contributed by atoms with Crippen LogP contribution in [0.2, 0.25) is 0 Å². The second kappa shape index (κ2) is 6.71. The first-order chi connectivity index (χ1) is 9.36. The van der Waals surface area contributed by atoms with E-state index in [1.807, 2.05) is 0 Å². The monoisotopic (exact) mass is 301 g/mol. The fourth-order valence-corrected chi connectivity index (χ4v) is 2.63. The lowest BCUT2D eigenvalue weighted by Crippen LogP contribution is -2.23. The van der Waals surface area contributed by atoms with E-state index in [0.717, 1.165) is 4.31 Å². The molecule has 1 aromatic carbocycles. The van der Waals surface area contributed by atoms with Crippen molar-refractivity contribution < 1.29 is 22.7 Å². The fraction of sp³-hybridized carbons (Fsp3) is 0.462. The zero-order chi connectivity index (χ0) is 15.3. The molecule has 0 N–H and O–H groups in total. The van der Waals surface area contributed by atoms with Crippen LogP contribution in [-0.4, -0.2) is 46.0 Å². The topological polar surface area (TPSA) is 72.9 Å². The van der Waals surface area contributed by atoms with Crippen LogP contribution >= 0.6 is 0 Å². The van der Waals surface area contributed by atoms with E-state index in [1.54, 1.807) is 13.8 Å². The Hall–Kier alpha value is -1.60. The number of ether oxygens (including phenoxy) is 2. The number of hydrogen-bond acceptors (Lipinski definition) is 5. The molecule has 0 saturated heterocycles. The average molecular weight is 301 g/mol. The highest BCUT2D eigenvalue weighted by molar-refractivity contribution is 7.89. The first-order valence-corrected chi connectivity index (χ1v) is 7.65. The summed E-state index contributed by atoms with van der Waals surface area (Å²) in [5, 5.41) is 0. The zero-order valence-corrected chi connectivity index (χ0v) is 12.9. The van der Waals surface area contributed by atoms with Crippen LogP contribution < -0.4 is 4.74 Å². The van der Waals surface area contributed by atoms with Gasteiger partial charge < -0.3 is 9.47 Å². The quantitative estimate of drug-likeness (QED) is 0.745. The first kappa shape index (κ1) is 16.5. The van der Waals surface area contributed by atoms with Gasteiger partial charge in [-0.2, -0.15) is 0 Å². The van der Waals surface area contributed by atoms with Crippen molar-refractivity contribution in [2.24, 2.45) is 0 Å². The minimum absolute atomic E-state index is 0.0298. The van der Waals surface area contributed by atoms with E-state index in [9.17, 15) is 13.2 Å². The molecule has 0 spiro atoms. The van der Waals surface area contributed by atoms with Crippen molar-refractivity contribution in [2.45, 2.75) is 18.7 Å². The van der Waals surface area contributed by atoms with E-state index in [0.29, 0.717) is 0 Å². The Bertz CT molecular complexity index is 580. The molecule has 1 rings (SSSR count). The van der Waals surface area contributed by atoms with Crippen molar-refractivity contribution in [2.75, 3.05) is 27.3 Å². The predicted octanol–water partition coefficient (Wildman–Crippen LogP) is 1.51. The maximum absolute atomic E-state index is 12.3. The molecular weight excluding hydrogens is 282 g/mol.